The summed E-state index contributed by atoms with van der Waals surface area (Å²) in [6.07, 6.45) is 2.71. The minimum Gasteiger partial charge on any atom is -0.497 e. The number of amides is 1. The molecule has 1 fully saturated rings. The zero-order valence-corrected chi connectivity index (χ0v) is 11.1. The highest BCUT2D eigenvalue weighted by atomic mass is 16.5. The van der Waals surface area contributed by atoms with E-state index in [1.807, 2.05) is 19.1 Å². The first kappa shape index (κ1) is 12.9. The highest BCUT2D eigenvalue weighted by Gasteiger charge is 2.38. The Morgan fingerprint density at radius 1 is 1.50 bits per heavy atom. The molecule has 1 N–H and O–H groups in total. The second-order valence-electron chi connectivity index (χ2n) is 4.93. The Kier molecular flexibility index (Phi) is 4.24. The molecular formula is C15H21NO2. The van der Waals surface area contributed by atoms with Crippen LogP contribution in [0.25, 0.3) is 0 Å². The van der Waals surface area contributed by atoms with Gasteiger partial charge < -0.3 is 10.1 Å². The van der Waals surface area contributed by atoms with Crippen molar-refractivity contribution >= 4 is 5.91 Å². The van der Waals surface area contributed by atoms with Crippen LogP contribution in [0.15, 0.2) is 24.3 Å². The predicted octanol–water partition coefficient (Wildman–Crippen LogP) is 2.72. The van der Waals surface area contributed by atoms with Crippen molar-refractivity contribution in [3.05, 3.63) is 29.8 Å². The molecular weight excluding hydrogens is 226 g/mol. The molecule has 1 aliphatic rings. The van der Waals surface area contributed by atoms with Crippen molar-refractivity contribution in [2.75, 3.05) is 13.7 Å². The van der Waals surface area contributed by atoms with E-state index in [0.29, 0.717) is 18.3 Å². The number of carbonyl (C=O) groups is 1. The minimum absolute atomic E-state index is 0.175. The van der Waals surface area contributed by atoms with Gasteiger partial charge in [-0.25, -0.2) is 0 Å². The van der Waals surface area contributed by atoms with Crippen LogP contribution in [0.3, 0.4) is 0 Å². The first-order valence-corrected chi connectivity index (χ1v) is 6.65. The molecule has 1 aromatic carbocycles. The SMILES string of the molecule is CCCC(=O)NC[C@@H]1C[C@H]1c1cccc(OC)c1. The average Bonchev–Trinajstić information content (AvgIpc) is 3.16. The maximum Gasteiger partial charge on any atom is 0.219 e. The second kappa shape index (κ2) is 5.89. The van der Waals surface area contributed by atoms with E-state index in [2.05, 4.69) is 17.4 Å². The molecule has 2 rings (SSSR count). The van der Waals surface area contributed by atoms with E-state index in [9.17, 15) is 4.79 Å². The number of hydrogen-bond acceptors (Lipinski definition) is 2. The fraction of sp³-hybridized carbons (Fsp3) is 0.533. The van der Waals surface area contributed by atoms with Crippen molar-refractivity contribution in [3.63, 3.8) is 0 Å². The van der Waals surface area contributed by atoms with Crippen LogP contribution in [0, 0.1) is 5.92 Å². The average molecular weight is 247 g/mol. The summed E-state index contributed by atoms with van der Waals surface area (Å²) in [7, 11) is 1.69. The van der Waals surface area contributed by atoms with Gasteiger partial charge in [0, 0.05) is 13.0 Å². The number of nitrogens with one attached hydrogen (secondary N) is 1. The van der Waals surface area contributed by atoms with E-state index >= 15 is 0 Å². The molecule has 0 aliphatic heterocycles. The highest BCUT2D eigenvalue weighted by molar-refractivity contribution is 5.75. The first-order chi connectivity index (χ1) is 8.74. The molecule has 1 aliphatic carbocycles. The molecule has 0 aromatic heterocycles. The molecule has 0 saturated heterocycles. The van der Waals surface area contributed by atoms with E-state index in [1.54, 1.807) is 7.11 Å². The third kappa shape index (κ3) is 3.25. The van der Waals surface area contributed by atoms with Crippen LogP contribution in [-0.4, -0.2) is 19.6 Å². The largest absolute Gasteiger partial charge is 0.497 e. The van der Waals surface area contributed by atoms with E-state index in [1.165, 1.54) is 12.0 Å². The maximum atomic E-state index is 11.4. The zero-order valence-electron chi connectivity index (χ0n) is 11.1. The number of methoxy groups -OCH3 is 1. The molecule has 0 radical (unpaired) electrons. The Balaban J connectivity index is 1.81. The monoisotopic (exact) mass is 247 g/mol. The van der Waals surface area contributed by atoms with Crippen molar-refractivity contribution < 1.29 is 9.53 Å². The van der Waals surface area contributed by atoms with Crippen molar-refractivity contribution in [1.29, 1.82) is 0 Å². The summed E-state index contributed by atoms with van der Waals surface area (Å²) in [5, 5.41) is 3.00. The van der Waals surface area contributed by atoms with Gasteiger partial charge in [-0.2, -0.15) is 0 Å². The van der Waals surface area contributed by atoms with E-state index < -0.39 is 0 Å². The van der Waals surface area contributed by atoms with Crippen LogP contribution in [0.2, 0.25) is 0 Å². The van der Waals surface area contributed by atoms with Gasteiger partial charge in [0.05, 0.1) is 7.11 Å². The van der Waals surface area contributed by atoms with Crippen LogP contribution in [0.1, 0.15) is 37.7 Å². The normalized spacial score (nSPS) is 21.4. The molecule has 1 aromatic rings. The van der Waals surface area contributed by atoms with Crippen molar-refractivity contribution in [2.45, 2.75) is 32.1 Å². The molecule has 0 heterocycles. The Morgan fingerprint density at radius 3 is 3.06 bits per heavy atom. The molecule has 0 bridgehead atoms. The predicted molar refractivity (Wildman–Crippen MR) is 71.8 cm³/mol. The summed E-state index contributed by atoms with van der Waals surface area (Å²) in [4.78, 5) is 11.4. The van der Waals surface area contributed by atoms with Gasteiger partial charge in [0.25, 0.3) is 0 Å². The lowest BCUT2D eigenvalue weighted by Crippen LogP contribution is -2.25. The number of carbonyl (C=O) groups excluding carboxylic acids is 1. The summed E-state index contributed by atoms with van der Waals surface area (Å²) in [6, 6.07) is 8.22. The van der Waals surface area contributed by atoms with Crippen molar-refractivity contribution in [1.82, 2.24) is 5.32 Å². The Morgan fingerprint density at radius 2 is 2.33 bits per heavy atom. The van der Waals surface area contributed by atoms with Crippen LogP contribution in [0.4, 0.5) is 0 Å². The summed E-state index contributed by atoms with van der Waals surface area (Å²) in [5.74, 6) is 2.27. The van der Waals surface area contributed by atoms with Crippen LogP contribution in [-0.2, 0) is 4.79 Å². The summed E-state index contributed by atoms with van der Waals surface area (Å²) in [6.45, 7) is 2.83. The molecule has 2 atom stereocenters. The van der Waals surface area contributed by atoms with Gasteiger partial charge in [-0.3, -0.25) is 4.79 Å². The summed E-state index contributed by atoms with van der Waals surface area (Å²) in [5.41, 5.74) is 1.32. The molecule has 0 spiro atoms. The Hall–Kier alpha value is -1.51. The lowest BCUT2D eigenvalue weighted by atomic mass is 10.1. The van der Waals surface area contributed by atoms with Gasteiger partial charge in [-0.05, 0) is 42.4 Å². The molecule has 18 heavy (non-hydrogen) atoms. The van der Waals surface area contributed by atoms with Crippen LogP contribution in [0.5, 0.6) is 5.75 Å². The first-order valence-electron chi connectivity index (χ1n) is 6.65. The number of ether oxygens (including phenoxy) is 1. The molecule has 98 valence electrons. The van der Waals surface area contributed by atoms with Gasteiger partial charge in [0.2, 0.25) is 5.91 Å². The maximum absolute atomic E-state index is 11.4. The summed E-state index contributed by atoms with van der Waals surface area (Å²) < 4.78 is 5.23. The van der Waals surface area contributed by atoms with Crippen molar-refractivity contribution in [2.24, 2.45) is 5.92 Å². The van der Waals surface area contributed by atoms with Gasteiger partial charge >= 0.3 is 0 Å². The molecule has 1 saturated carbocycles. The topological polar surface area (TPSA) is 38.3 Å². The number of benzene rings is 1. The van der Waals surface area contributed by atoms with Crippen LogP contribution >= 0.6 is 0 Å². The lowest BCUT2D eigenvalue weighted by molar-refractivity contribution is -0.121. The van der Waals surface area contributed by atoms with Gasteiger partial charge in [0.1, 0.15) is 5.75 Å². The quantitative estimate of drug-likeness (QED) is 0.839. The zero-order chi connectivity index (χ0) is 13.0. The highest BCUT2D eigenvalue weighted by Crippen LogP contribution is 2.47. The van der Waals surface area contributed by atoms with Gasteiger partial charge in [-0.15, -0.1) is 0 Å². The van der Waals surface area contributed by atoms with Gasteiger partial charge in [-0.1, -0.05) is 19.1 Å². The van der Waals surface area contributed by atoms with Crippen molar-refractivity contribution in [3.8, 4) is 5.75 Å². The third-order valence-electron chi connectivity index (χ3n) is 3.48. The molecule has 3 heteroatoms. The molecule has 0 unspecified atom stereocenters. The molecule has 1 amide bonds. The number of hydrogen-bond donors (Lipinski definition) is 1. The lowest BCUT2D eigenvalue weighted by Gasteiger charge is -2.05. The van der Waals surface area contributed by atoms with E-state index in [0.717, 1.165) is 18.7 Å². The van der Waals surface area contributed by atoms with Crippen LogP contribution < -0.4 is 10.1 Å². The van der Waals surface area contributed by atoms with Gasteiger partial charge in [0.15, 0.2) is 0 Å². The number of rotatable bonds is 6. The molecule has 3 nitrogen and oxygen atoms in total. The summed E-state index contributed by atoms with van der Waals surface area (Å²) >= 11 is 0. The Labute approximate surface area is 109 Å². The minimum atomic E-state index is 0.175. The third-order valence-corrected chi connectivity index (χ3v) is 3.48. The smallest absolute Gasteiger partial charge is 0.219 e. The fourth-order valence-corrected chi connectivity index (χ4v) is 2.31. The standard InChI is InChI=1S/C15H21NO2/c1-3-5-15(17)16-10-12-9-14(12)11-6-4-7-13(8-11)18-2/h4,6-8,12,14H,3,5,9-10H2,1-2H3,(H,16,17)/t12-,14-/m0/s1. The fourth-order valence-electron chi connectivity index (χ4n) is 2.31. The Bertz CT molecular complexity index is 417. The second-order valence-corrected chi connectivity index (χ2v) is 4.93. The van der Waals surface area contributed by atoms with E-state index in [4.69, 9.17) is 4.74 Å². The van der Waals surface area contributed by atoms with E-state index in [-0.39, 0.29) is 5.91 Å².